The summed E-state index contributed by atoms with van der Waals surface area (Å²) in [6.45, 7) is 0.996. The van der Waals surface area contributed by atoms with Gasteiger partial charge in [0.2, 0.25) is 10.0 Å². The van der Waals surface area contributed by atoms with Gasteiger partial charge in [-0.2, -0.15) is 17.5 Å². The van der Waals surface area contributed by atoms with Gasteiger partial charge in [0.05, 0.1) is 23.7 Å². The maximum Gasteiger partial charge on any atom is 0.416 e. The van der Waals surface area contributed by atoms with E-state index in [-0.39, 0.29) is 42.4 Å². The standard InChI is InChI=1S/C18H17F3N2O4S/c19-18(20,21)14-4-2-5-15(12-14)22-17(24)13-3-1-6-16(11-13)28(25,26)23-7-9-27-10-8-23/h1-6,11-12H,7-10H2,(H,22,24). The van der Waals surface area contributed by atoms with E-state index in [4.69, 9.17) is 4.74 Å². The van der Waals surface area contributed by atoms with Crippen molar-refractivity contribution in [2.75, 3.05) is 31.6 Å². The molecular formula is C18H17F3N2O4S. The van der Waals surface area contributed by atoms with E-state index in [0.717, 1.165) is 12.1 Å². The van der Waals surface area contributed by atoms with Crippen LogP contribution in [-0.4, -0.2) is 44.9 Å². The van der Waals surface area contributed by atoms with Gasteiger partial charge in [0.25, 0.3) is 5.91 Å². The molecule has 0 aliphatic carbocycles. The van der Waals surface area contributed by atoms with E-state index in [1.807, 2.05) is 0 Å². The van der Waals surface area contributed by atoms with Gasteiger partial charge in [-0.15, -0.1) is 0 Å². The number of nitrogens with one attached hydrogen (secondary N) is 1. The minimum Gasteiger partial charge on any atom is -0.379 e. The largest absolute Gasteiger partial charge is 0.416 e. The summed E-state index contributed by atoms with van der Waals surface area (Å²) in [5, 5.41) is 2.36. The zero-order valence-corrected chi connectivity index (χ0v) is 15.4. The highest BCUT2D eigenvalue weighted by molar-refractivity contribution is 7.89. The zero-order chi connectivity index (χ0) is 20.4. The third kappa shape index (κ3) is 4.51. The fourth-order valence-electron chi connectivity index (χ4n) is 2.71. The van der Waals surface area contributed by atoms with Crippen LogP contribution in [0.5, 0.6) is 0 Å². The van der Waals surface area contributed by atoms with Crippen molar-refractivity contribution in [3.63, 3.8) is 0 Å². The monoisotopic (exact) mass is 414 g/mol. The molecule has 1 N–H and O–H groups in total. The van der Waals surface area contributed by atoms with E-state index in [9.17, 15) is 26.4 Å². The minimum absolute atomic E-state index is 0.0201. The molecule has 6 nitrogen and oxygen atoms in total. The molecule has 0 unspecified atom stereocenters. The summed E-state index contributed by atoms with van der Waals surface area (Å²) >= 11 is 0. The zero-order valence-electron chi connectivity index (χ0n) is 14.6. The first-order chi connectivity index (χ1) is 13.2. The second kappa shape index (κ2) is 7.90. The van der Waals surface area contributed by atoms with Crippen LogP contribution in [0.25, 0.3) is 0 Å². The van der Waals surface area contributed by atoms with Crippen molar-refractivity contribution >= 4 is 21.6 Å². The fourth-order valence-corrected chi connectivity index (χ4v) is 4.16. The van der Waals surface area contributed by atoms with Crippen LogP contribution in [0.1, 0.15) is 15.9 Å². The average Bonchev–Trinajstić information content (AvgIpc) is 2.68. The van der Waals surface area contributed by atoms with Gasteiger partial charge in [-0.3, -0.25) is 4.79 Å². The fraction of sp³-hybridized carbons (Fsp3) is 0.278. The highest BCUT2D eigenvalue weighted by atomic mass is 32.2. The Hall–Kier alpha value is -2.43. The summed E-state index contributed by atoms with van der Waals surface area (Å²) in [6, 6.07) is 9.58. The Labute approximate surface area is 160 Å². The molecule has 1 heterocycles. The van der Waals surface area contributed by atoms with E-state index in [0.29, 0.717) is 0 Å². The molecule has 1 amide bonds. The molecule has 1 aliphatic heterocycles. The second-order valence-corrected chi connectivity index (χ2v) is 8.01. The van der Waals surface area contributed by atoms with E-state index < -0.39 is 27.7 Å². The molecule has 0 radical (unpaired) electrons. The molecule has 28 heavy (non-hydrogen) atoms. The van der Waals surface area contributed by atoms with Gasteiger partial charge in [0, 0.05) is 24.3 Å². The van der Waals surface area contributed by atoms with E-state index in [1.54, 1.807) is 0 Å². The van der Waals surface area contributed by atoms with Gasteiger partial charge in [0.1, 0.15) is 0 Å². The number of sulfonamides is 1. The number of amides is 1. The lowest BCUT2D eigenvalue weighted by atomic mass is 10.1. The summed E-state index contributed by atoms with van der Waals surface area (Å²) in [6.07, 6.45) is -4.53. The molecule has 0 atom stereocenters. The molecule has 0 bridgehead atoms. The van der Waals surface area contributed by atoms with Crippen molar-refractivity contribution in [3.05, 3.63) is 59.7 Å². The predicted octanol–water partition coefficient (Wildman–Crippen LogP) is 2.98. The highest BCUT2D eigenvalue weighted by Gasteiger charge is 2.30. The topological polar surface area (TPSA) is 75.7 Å². The van der Waals surface area contributed by atoms with Crippen molar-refractivity contribution in [3.8, 4) is 0 Å². The number of benzene rings is 2. The molecule has 0 saturated carbocycles. The number of nitrogens with zero attached hydrogens (tertiary/aromatic N) is 1. The van der Waals surface area contributed by atoms with Gasteiger partial charge in [-0.05, 0) is 36.4 Å². The number of hydrogen-bond donors (Lipinski definition) is 1. The van der Waals surface area contributed by atoms with Crippen LogP contribution in [0.4, 0.5) is 18.9 Å². The summed E-state index contributed by atoms with van der Waals surface area (Å²) in [5.74, 6) is -0.710. The lowest BCUT2D eigenvalue weighted by molar-refractivity contribution is -0.137. The van der Waals surface area contributed by atoms with Crippen molar-refractivity contribution < 1.29 is 31.1 Å². The summed E-state index contributed by atoms with van der Waals surface area (Å²) in [4.78, 5) is 12.3. The SMILES string of the molecule is O=C(Nc1cccc(C(F)(F)F)c1)c1cccc(S(=O)(=O)N2CCOCC2)c1. The Morgan fingerprint density at radius 2 is 1.71 bits per heavy atom. The molecule has 3 rings (SSSR count). The summed E-state index contributed by atoms with van der Waals surface area (Å²) in [5.41, 5.74) is -0.915. The Morgan fingerprint density at radius 1 is 1.04 bits per heavy atom. The number of morpholine rings is 1. The van der Waals surface area contributed by atoms with Crippen molar-refractivity contribution in [2.45, 2.75) is 11.1 Å². The molecule has 0 spiro atoms. The van der Waals surface area contributed by atoms with Crippen molar-refractivity contribution in [1.82, 2.24) is 4.31 Å². The van der Waals surface area contributed by atoms with Gasteiger partial charge in [-0.1, -0.05) is 12.1 Å². The van der Waals surface area contributed by atoms with E-state index in [1.165, 1.54) is 40.7 Å². The van der Waals surface area contributed by atoms with Crippen molar-refractivity contribution in [1.29, 1.82) is 0 Å². The minimum atomic E-state index is -4.53. The van der Waals surface area contributed by atoms with Crippen LogP contribution in [0.15, 0.2) is 53.4 Å². The Morgan fingerprint density at radius 3 is 2.39 bits per heavy atom. The van der Waals surface area contributed by atoms with Crippen LogP contribution >= 0.6 is 0 Å². The molecule has 1 saturated heterocycles. The molecule has 10 heteroatoms. The number of rotatable bonds is 4. The summed E-state index contributed by atoms with van der Waals surface area (Å²) < 4.78 is 70.2. The Kier molecular flexibility index (Phi) is 5.73. The second-order valence-electron chi connectivity index (χ2n) is 6.08. The lowest BCUT2D eigenvalue weighted by Crippen LogP contribution is -2.40. The normalized spacial score (nSPS) is 16.0. The first-order valence-electron chi connectivity index (χ1n) is 8.34. The van der Waals surface area contributed by atoms with Gasteiger partial charge in [0.15, 0.2) is 0 Å². The molecule has 1 fully saturated rings. The predicted molar refractivity (Wildman–Crippen MR) is 95.4 cm³/mol. The first-order valence-corrected chi connectivity index (χ1v) is 9.78. The van der Waals surface area contributed by atoms with Gasteiger partial charge >= 0.3 is 6.18 Å². The van der Waals surface area contributed by atoms with Crippen LogP contribution in [0.3, 0.4) is 0 Å². The van der Waals surface area contributed by atoms with Crippen LogP contribution in [0, 0.1) is 0 Å². The van der Waals surface area contributed by atoms with Gasteiger partial charge in [-0.25, -0.2) is 8.42 Å². The van der Waals surface area contributed by atoms with E-state index >= 15 is 0 Å². The smallest absolute Gasteiger partial charge is 0.379 e. The Balaban J connectivity index is 1.81. The maximum absolute atomic E-state index is 12.8. The number of anilines is 1. The molecule has 0 aromatic heterocycles. The number of carbonyl (C=O) groups excluding carboxylic acids is 1. The first kappa shape index (κ1) is 20.3. The third-order valence-electron chi connectivity index (χ3n) is 4.15. The quantitative estimate of drug-likeness (QED) is 0.835. The molecule has 1 aliphatic rings. The molecular weight excluding hydrogens is 397 g/mol. The summed E-state index contributed by atoms with van der Waals surface area (Å²) in [7, 11) is -3.79. The van der Waals surface area contributed by atoms with E-state index in [2.05, 4.69) is 5.32 Å². The lowest BCUT2D eigenvalue weighted by Gasteiger charge is -2.26. The number of hydrogen-bond acceptors (Lipinski definition) is 4. The number of halogens is 3. The number of alkyl halides is 3. The molecule has 2 aromatic carbocycles. The van der Waals surface area contributed by atoms with Gasteiger partial charge < -0.3 is 10.1 Å². The van der Waals surface area contributed by atoms with Crippen LogP contribution in [-0.2, 0) is 20.9 Å². The highest BCUT2D eigenvalue weighted by Crippen LogP contribution is 2.30. The molecule has 2 aromatic rings. The molecule has 150 valence electrons. The number of carbonyl (C=O) groups is 1. The Bertz CT molecular complexity index is 971. The maximum atomic E-state index is 12.8. The third-order valence-corrected chi connectivity index (χ3v) is 6.05. The van der Waals surface area contributed by atoms with Crippen LogP contribution in [0.2, 0.25) is 0 Å². The van der Waals surface area contributed by atoms with Crippen LogP contribution < -0.4 is 5.32 Å². The average molecular weight is 414 g/mol. The number of ether oxygens (including phenoxy) is 1. The van der Waals surface area contributed by atoms with Crippen molar-refractivity contribution in [2.24, 2.45) is 0 Å².